The highest BCUT2D eigenvalue weighted by molar-refractivity contribution is 7.92. The quantitative estimate of drug-likeness (QED) is 0.922. The Morgan fingerprint density at radius 2 is 2.11 bits per heavy atom. The fourth-order valence-electron chi connectivity index (χ4n) is 2.67. The first-order valence-electron chi connectivity index (χ1n) is 6.74. The molecule has 19 heavy (non-hydrogen) atoms. The zero-order chi connectivity index (χ0) is 13.6. The lowest BCUT2D eigenvalue weighted by atomic mass is 10.0. The van der Waals surface area contributed by atoms with Gasteiger partial charge in [-0.25, -0.2) is 8.42 Å². The Hall–Kier alpha value is -0.820. The van der Waals surface area contributed by atoms with Crippen LogP contribution in [-0.4, -0.2) is 31.1 Å². The average molecular weight is 301 g/mol. The molecule has 0 radical (unpaired) electrons. The smallest absolute Gasteiger partial charge is 0.187 e. The molecule has 2 N–H and O–H groups in total. The second-order valence-corrected chi connectivity index (χ2v) is 8.56. The molecule has 2 heterocycles. The summed E-state index contributed by atoms with van der Waals surface area (Å²) in [5.41, 5.74) is 5.83. The molecule has 0 amide bonds. The van der Waals surface area contributed by atoms with Crippen LogP contribution >= 0.6 is 11.5 Å². The summed E-state index contributed by atoms with van der Waals surface area (Å²) in [4.78, 5) is 2.45. The van der Waals surface area contributed by atoms with Crippen LogP contribution in [0.15, 0.2) is 4.90 Å². The van der Waals surface area contributed by atoms with Gasteiger partial charge in [0.15, 0.2) is 15.7 Å². The van der Waals surface area contributed by atoms with E-state index >= 15 is 0 Å². The van der Waals surface area contributed by atoms with E-state index in [-0.39, 0.29) is 11.1 Å². The molecule has 0 aromatic carbocycles. The first-order valence-corrected chi connectivity index (χ1v) is 9.06. The minimum atomic E-state index is -3.27. The standard InChI is InChI=1S/C12H19N3O2S2/c1-8-3-2-6-15(7-8)12-10(11(13)14-18-12)19(16,17)9-4-5-9/h8-9H,2-7H2,1H3,(H2,13,14). The maximum absolute atomic E-state index is 12.5. The predicted molar refractivity (Wildman–Crippen MR) is 77.3 cm³/mol. The van der Waals surface area contributed by atoms with Gasteiger partial charge >= 0.3 is 0 Å². The van der Waals surface area contributed by atoms with Crippen molar-refractivity contribution >= 4 is 32.2 Å². The lowest BCUT2D eigenvalue weighted by Crippen LogP contribution is -2.34. The number of aromatic nitrogens is 1. The molecule has 0 bridgehead atoms. The summed E-state index contributed by atoms with van der Waals surface area (Å²) in [7, 11) is -3.27. The van der Waals surface area contributed by atoms with E-state index in [1.54, 1.807) is 0 Å². The first kappa shape index (κ1) is 13.2. The summed E-state index contributed by atoms with van der Waals surface area (Å²) in [6.07, 6.45) is 3.82. The maximum Gasteiger partial charge on any atom is 0.187 e. The summed E-state index contributed by atoms with van der Waals surface area (Å²) < 4.78 is 29.1. The molecule has 0 spiro atoms. The maximum atomic E-state index is 12.5. The van der Waals surface area contributed by atoms with Crippen LogP contribution in [-0.2, 0) is 9.84 Å². The highest BCUT2D eigenvalue weighted by Crippen LogP contribution is 2.43. The van der Waals surface area contributed by atoms with Gasteiger partial charge in [0, 0.05) is 13.1 Å². The van der Waals surface area contributed by atoms with Gasteiger partial charge in [-0.15, -0.1) is 0 Å². The Balaban J connectivity index is 1.98. The van der Waals surface area contributed by atoms with Gasteiger partial charge in [0.25, 0.3) is 0 Å². The lowest BCUT2D eigenvalue weighted by Gasteiger charge is -2.31. The SMILES string of the molecule is CC1CCCN(c2snc(N)c2S(=O)(=O)C2CC2)C1. The zero-order valence-electron chi connectivity index (χ0n) is 11.0. The van der Waals surface area contributed by atoms with Gasteiger partial charge < -0.3 is 10.6 Å². The molecule has 1 unspecified atom stereocenters. The first-order chi connectivity index (χ1) is 9.00. The molecule has 1 aromatic rings. The van der Waals surface area contributed by atoms with Gasteiger partial charge in [0.2, 0.25) is 0 Å². The third-order valence-corrected chi connectivity index (χ3v) is 7.22. The third kappa shape index (κ3) is 2.33. The molecule has 1 saturated heterocycles. The van der Waals surface area contributed by atoms with Crippen molar-refractivity contribution in [3.05, 3.63) is 0 Å². The summed E-state index contributed by atoms with van der Waals surface area (Å²) >= 11 is 1.23. The molecule has 1 aromatic heterocycles. The Labute approximate surface area is 117 Å². The summed E-state index contributed by atoms with van der Waals surface area (Å²) in [5, 5.41) is 0.531. The Bertz CT molecular complexity index is 578. The topological polar surface area (TPSA) is 76.3 Å². The van der Waals surface area contributed by atoms with Gasteiger partial charge in [-0.2, -0.15) is 4.37 Å². The van der Waals surface area contributed by atoms with Crippen LogP contribution in [0.2, 0.25) is 0 Å². The van der Waals surface area contributed by atoms with Crippen LogP contribution in [0.1, 0.15) is 32.6 Å². The second kappa shape index (κ2) is 4.63. The number of piperidine rings is 1. The molecular formula is C12H19N3O2S2. The number of hydrogen-bond donors (Lipinski definition) is 1. The van der Waals surface area contributed by atoms with Crippen molar-refractivity contribution in [1.82, 2.24) is 4.37 Å². The van der Waals surface area contributed by atoms with E-state index < -0.39 is 9.84 Å². The number of nitrogens with zero attached hydrogens (tertiary/aromatic N) is 2. The van der Waals surface area contributed by atoms with E-state index in [1.807, 2.05) is 0 Å². The highest BCUT2D eigenvalue weighted by Gasteiger charge is 2.41. The van der Waals surface area contributed by atoms with Gasteiger partial charge in [-0.1, -0.05) is 6.92 Å². The fraction of sp³-hybridized carbons (Fsp3) is 0.750. The van der Waals surface area contributed by atoms with E-state index in [4.69, 9.17) is 5.73 Å². The van der Waals surface area contributed by atoms with Crippen LogP contribution in [0.3, 0.4) is 0 Å². The van der Waals surface area contributed by atoms with Gasteiger partial charge in [0.1, 0.15) is 9.90 Å². The minimum Gasteiger partial charge on any atom is -0.382 e. The minimum absolute atomic E-state index is 0.185. The molecule has 7 heteroatoms. The number of anilines is 2. The van der Waals surface area contributed by atoms with Crippen molar-refractivity contribution in [2.24, 2.45) is 5.92 Å². The highest BCUT2D eigenvalue weighted by atomic mass is 32.2. The molecule has 1 aliphatic carbocycles. The van der Waals surface area contributed by atoms with E-state index in [0.717, 1.165) is 37.4 Å². The van der Waals surface area contributed by atoms with Crippen LogP contribution in [0, 0.1) is 5.92 Å². The molecule has 2 fully saturated rings. The Morgan fingerprint density at radius 3 is 2.74 bits per heavy atom. The molecule has 1 atom stereocenters. The molecule has 3 rings (SSSR count). The number of nitrogens with two attached hydrogens (primary N) is 1. The van der Waals surface area contributed by atoms with E-state index in [1.165, 1.54) is 18.0 Å². The normalized spacial score (nSPS) is 24.7. The van der Waals surface area contributed by atoms with E-state index in [2.05, 4.69) is 16.2 Å². The Morgan fingerprint density at radius 1 is 1.37 bits per heavy atom. The van der Waals surface area contributed by atoms with Gasteiger partial charge in [-0.3, -0.25) is 0 Å². The van der Waals surface area contributed by atoms with Crippen molar-refractivity contribution in [2.75, 3.05) is 23.7 Å². The van der Waals surface area contributed by atoms with Crippen molar-refractivity contribution in [3.8, 4) is 0 Å². The summed E-state index contributed by atoms with van der Waals surface area (Å²) in [5.74, 6) is 0.777. The number of rotatable bonds is 3. The second-order valence-electron chi connectivity index (χ2n) is 5.64. The lowest BCUT2D eigenvalue weighted by molar-refractivity contribution is 0.447. The molecular weight excluding hydrogens is 282 g/mol. The van der Waals surface area contributed by atoms with Crippen LogP contribution in [0.25, 0.3) is 0 Å². The molecule has 5 nitrogen and oxygen atoms in total. The number of nitrogen functional groups attached to an aromatic ring is 1. The van der Waals surface area contributed by atoms with Crippen molar-refractivity contribution in [3.63, 3.8) is 0 Å². The van der Waals surface area contributed by atoms with Crippen LogP contribution < -0.4 is 10.6 Å². The van der Waals surface area contributed by atoms with Gasteiger partial charge in [0.05, 0.1) is 5.25 Å². The van der Waals surface area contributed by atoms with Crippen LogP contribution in [0.4, 0.5) is 10.8 Å². The largest absolute Gasteiger partial charge is 0.382 e. The number of sulfone groups is 1. The summed E-state index contributed by atoms with van der Waals surface area (Å²) in [6.45, 7) is 4.00. The van der Waals surface area contributed by atoms with E-state index in [0.29, 0.717) is 10.8 Å². The van der Waals surface area contributed by atoms with Crippen molar-refractivity contribution < 1.29 is 8.42 Å². The molecule has 1 saturated carbocycles. The van der Waals surface area contributed by atoms with Crippen LogP contribution in [0.5, 0.6) is 0 Å². The molecule has 106 valence electrons. The van der Waals surface area contributed by atoms with E-state index in [9.17, 15) is 8.42 Å². The van der Waals surface area contributed by atoms with Crippen molar-refractivity contribution in [1.29, 1.82) is 0 Å². The average Bonchev–Trinajstić information content (AvgIpc) is 3.13. The fourth-order valence-corrected chi connectivity index (χ4v) is 5.74. The summed E-state index contributed by atoms with van der Waals surface area (Å²) in [6, 6.07) is 0. The molecule has 1 aliphatic heterocycles. The van der Waals surface area contributed by atoms with Gasteiger partial charge in [-0.05, 0) is 43.1 Å². The van der Waals surface area contributed by atoms with Crippen molar-refractivity contribution in [2.45, 2.75) is 42.8 Å². The molecule has 2 aliphatic rings. The predicted octanol–water partition coefficient (Wildman–Crippen LogP) is 1.90. The monoisotopic (exact) mass is 301 g/mol. The number of hydrogen-bond acceptors (Lipinski definition) is 6. The Kier molecular flexibility index (Phi) is 3.21. The zero-order valence-corrected chi connectivity index (χ0v) is 12.6. The third-order valence-electron chi connectivity index (χ3n) is 3.85.